The van der Waals surface area contributed by atoms with Gasteiger partial charge in [0.25, 0.3) is 15.9 Å². The highest BCUT2D eigenvalue weighted by molar-refractivity contribution is 7.91. The average Bonchev–Trinajstić information content (AvgIpc) is 3.02. The quantitative estimate of drug-likeness (QED) is 0.793. The SMILES string of the molecule is CCN(CC)S(=O)(=O)c1ccc(CNC(=O)c2cc(F)cc(F)c2)s1. The fraction of sp³-hybridized carbons (Fsp3) is 0.312. The first-order valence-corrected chi connectivity index (χ1v) is 9.86. The van der Waals surface area contributed by atoms with E-state index in [1.54, 1.807) is 19.9 Å². The van der Waals surface area contributed by atoms with E-state index in [0.29, 0.717) is 24.0 Å². The summed E-state index contributed by atoms with van der Waals surface area (Å²) in [5.74, 6) is -2.32. The maximum atomic E-state index is 13.1. The molecule has 2 aromatic rings. The summed E-state index contributed by atoms with van der Waals surface area (Å²) >= 11 is 1.05. The van der Waals surface area contributed by atoms with Crippen molar-refractivity contribution in [3.63, 3.8) is 0 Å². The number of nitrogens with zero attached hydrogens (tertiary/aromatic N) is 1. The molecule has 0 bridgehead atoms. The Kier molecular flexibility index (Phi) is 6.26. The zero-order valence-corrected chi connectivity index (χ0v) is 15.4. The van der Waals surface area contributed by atoms with Crippen molar-refractivity contribution in [2.45, 2.75) is 24.6 Å². The highest BCUT2D eigenvalue weighted by Crippen LogP contribution is 2.24. The number of nitrogens with one attached hydrogen (secondary N) is 1. The molecule has 0 aliphatic rings. The predicted octanol–water partition coefficient (Wildman–Crippen LogP) is 2.99. The summed E-state index contributed by atoms with van der Waals surface area (Å²) in [5.41, 5.74) is -0.134. The average molecular weight is 388 g/mol. The number of thiophene rings is 1. The predicted molar refractivity (Wildman–Crippen MR) is 92.0 cm³/mol. The van der Waals surface area contributed by atoms with Gasteiger partial charge in [-0.05, 0) is 24.3 Å². The van der Waals surface area contributed by atoms with Gasteiger partial charge in [-0.3, -0.25) is 4.79 Å². The van der Waals surface area contributed by atoms with Gasteiger partial charge in [0.2, 0.25) is 0 Å². The Bertz CT molecular complexity index is 842. The lowest BCUT2D eigenvalue weighted by atomic mass is 10.2. The minimum absolute atomic E-state index is 0.0649. The largest absolute Gasteiger partial charge is 0.347 e. The molecule has 2 rings (SSSR count). The molecule has 1 aromatic heterocycles. The minimum Gasteiger partial charge on any atom is -0.347 e. The van der Waals surface area contributed by atoms with E-state index in [9.17, 15) is 22.0 Å². The van der Waals surface area contributed by atoms with Gasteiger partial charge in [-0.25, -0.2) is 17.2 Å². The van der Waals surface area contributed by atoms with E-state index in [0.717, 1.165) is 23.5 Å². The molecule has 0 saturated carbocycles. The van der Waals surface area contributed by atoms with E-state index in [2.05, 4.69) is 5.32 Å². The van der Waals surface area contributed by atoms with E-state index in [-0.39, 0.29) is 16.3 Å². The van der Waals surface area contributed by atoms with Crippen LogP contribution in [0.15, 0.2) is 34.5 Å². The number of rotatable bonds is 7. The highest BCUT2D eigenvalue weighted by atomic mass is 32.2. The number of carbonyl (C=O) groups excluding carboxylic acids is 1. The molecule has 5 nitrogen and oxygen atoms in total. The number of hydrogen-bond acceptors (Lipinski definition) is 4. The Balaban J connectivity index is 2.08. The molecule has 0 fully saturated rings. The van der Waals surface area contributed by atoms with Gasteiger partial charge in [-0.2, -0.15) is 4.31 Å². The van der Waals surface area contributed by atoms with Crippen LogP contribution in [-0.2, 0) is 16.6 Å². The lowest BCUT2D eigenvalue weighted by molar-refractivity contribution is 0.0950. The molecule has 9 heteroatoms. The smallest absolute Gasteiger partial charge is 0.252 e. The third-order valence-corrected chi connectivity index (χ3v) is 7.09. The molecular weight excluding hydrogens is 370 g/mol. The molecule has 0 saturated heterocycles. The van der Waals surface area contributed by atoms with Crippen LogP contribution in [0, 0.1) is 11.6 Å². The van der Waals surface area contributed by atoms with Gasteiger partial charge in [0.05, 0.1) is 6.54 Å². The molecule has 0 unspecified atom stereocenters. The molecule has 0 aliphatic carbocycles. The van der Waals surface area contributed by atoms with Gasteiger partial charge in [0, 0.05) is 29.6 Å². The van der Waals surface area contributed by atoms with E-state index in [4.69, 9.17) is 0 Å². The zero-order chi connectivity index (χ0) is 18.6. The number of sulfonamides is 1. The van der Waals surface area contributed by atoms with Gasteiger partial charge in [0.15, 0.2) is 0 Å². The van der Waals surface area contributed by atoms with Crippen molar-refractivity contribution in [1.29, 1.82) is 0 Å². The lowest BCUT2D eigenvalue weighted by Crippen LogP contribution is -2.30. The Morgan fingerprint density at radius 3 is 2.28 bits per heavy atom. The van der Waals surface area contributed by atoms with Crippen molar-refractivity contribution in [2.24, 2.45) is 0 Å². The van der Waals surface area contributed by atoms with Crippen LogP contribution in [0.5, 0.6) is 0 Å². The molecule has 1 amide bonds. The van der Waals surface area contributed by atoms with Crippen molar-refractivity contribution in [3.05, 3.63) is 52.4 Å². The summed E-state index contributed by atoms with van der Waals surface area (Å²) < 4.78 is 52.6. The van der Waals surface area contributed by atoms with Gasteiger partial charge in [-0.1, -0.05) is 13.8 Å². The fourth-order valence-corrected chi connectivity index (χ4v) is 5.14. The molecule has 25 heavy (non-hydrogen) atoms. The summed E-state index contributed by atoms with van der Waals surface area (Å²) in [6, 6.07) is 5.64. The number of halogens is 2. The Morgan fingerprint density at radius 1 is 1.12 bits per heavy atom. The molecular formula is C16H18F2N2O3S2. The van der Waals surface area contributed by atoms with Gasteiger partial charge >= 0.3 is 0 Å². The zero-order valence-electron chi connectivity index (χ0n) is 13.8. The molecule has 0 aliphatic heterocycles. The number of benzene rings is 1. The normalized spacial score (nSPS) is 11.7. The van der Waals surface area contributed by atoms with Crippen molar-refractivity contribution < 1.29 is 22.0 Å². The van der Waals surface area contributed by atoms with Crippen LogP contribution in [0.1, 0.15) is 29.1 Å². The molecule has 0 spiro atoms. The van der Waals surface area contributed by atoms with Crippen LogP contribution in [0.3, 0.4) is 0 Å². The molecule has 136 valence electrons. The van der Waals surface area contributed by atoms with Crippen LogP contribution in [0.2, 0.25) is 0 Å². The lowest BCUT2D eigenvalue weighted by Gasteiger charge is -2.16. The van der Waals surface area contributed by atoms with Crippen molar-refractivity contribution in [2.75, 3.05) is 13.1 Å². The monoisotopic (exact) mass is 388 g/mol. The van der Waals surface area contributed by atoms with E-state index < -0.39 is 27.6 Å². The van der Waals surface area contributed by atoms with Crippen LogP contribution in [0.4, 0.5) is 8.78 Å². The van der Waals surface area contributed by atoms with Gasteiger partial charge < -0.3 is 5.32 Å². The number of carbonyl (C=O) groups is 1. The van der Waals surface area contributed by atoms with Crippen molar-refractivity contribution >= 4 is 27.3 Å². The second-order valence-electron chi connectivity index (χ2n) is 5.15. The maximum Gasteiger partial charge on any atom is 0.252 e. The molecule has 1 heterocycles. The van der Waals surface area contributed by atoms with Gasteiger partial charge in [0.1, 0.15) is 15.8 Å². The Hall–Kier alpha value is -1.84. The van der Waals surface area contributed by atoms with E-state index in [1.807, 2.05) is 0 Å². The van der Waals surface area contributed by atoms with Gasteiger partial charge in [-0.15, -0.1) is 11.3 Å². The van der Waals surface area contributed by atoms with E-state index >= 15 is 0 Å². The molecule has 1 N–H and O–H groups in total. The van der Waals surface area contributed by atoms with E-state index in [1.165, 1.54) is 10.4 Å². The first kappa shape index (κ1) is 19.5. The van der Waals surface area contributed by atoms with Crippen LogP contribution >= 0.6 is 11.3 Å². The summed E-state index contributed by atoms with van der Waals surface area (Å²) in [6.45, 7) is 4.32. The summed E-state index contributed by atoms with van der Waals surface area (Å²) in [7, 11) is -3.54. The molecule has 0 atom stereocenters. The minimum atomic E-state index is -3.54. The third-order valence-electron chi connectivity index (χ3n) is 3.48. The summed E-state index contributed by atoms with van der Waals surface area (Å²) in [5, 5.41) is 2.52. The van der Waals surface area contributed by atoms with Crippen LogP contribution < -0.4 is 5.32 Å². The van der Waals surface area contributed by atoms with Crippen molar-refractivity contribution in [3.8, 4) is 0 Å². The first-order valence-electron chi connectivity index (χ1n) is 7.61. The number of hydrogen-bond donors (Lipinski definition) is 1. The summed E-state index contributed by atoms with van der Waals surface area (Å²) in [6.07, 6.45) is 0. The second kappa shape index (κ2) is 8.03. The van der Waals surface area contributed by atoms with Crippen LogP contribution in [-0.4, -0.2) is 31.7 Å². The fourth-order valence-electron chi connectivity index (χ4n) is 2.24. The maximum absolute atomic E-state index is 13.1. The second-order valence-corrected chi connectivity index (χ2v) is 8.48. The molecule has 1 aromatic carbocycles. The third kappa shape index (κ3) is 4.62. The topological polar surface area (TPSA) is 66.5 Å². The van der Waals surface area contributed by atoms with Crippen LogP contribution in [0.25, 0.3) is 0 Å². The standard InChI is InChI=1S/C16H18F2N2O3S2/c1-3-20(4-2)25(22,23)15-6-5-14(24-15)10-19-16(21)11-7-12(17)9-13(18)8-11/h5-9H,3-4,10H2,1-2H3,(H,19,21). The Labute approximate surface area is 149 Å². The first-order chi connectivity index (χ1) is 11.8. The Morgan fingerprint density at radius 2 is 1.72 bits per heavy atom. The number of amides is 1. The summed E-state index contributed by atoms with van der Waals surface area (Å²) in [4.78, 5) is 12.6. The molecule has 0 radical (unpaired) electrons. The van der Waals surface area contributed by atoms with Crippen molar-refractivity contribution in [1.82, 2.24) is 9.62 Å². The highest BCUT2D eigenvalue weighted by Gasteiger charge is 2.23.